The molecule has 1 aliphatic heterocycles. The van der Waals surface area contributed by atoms with Crippen LogP contribution in [-0.2, 0) is 4.79 Å². The Kier molecular flexibility index (Phi) is 4.81. The van der Waals surface area contributed by atoms with Crippen LogP contribution in [0.4, 0.5) is 11.4 Å². The zero-order valence-corrected chi connectivity index (χ0v) is 16.5. The molecular weight excluding hydrogens is 366 g/mol. The molecule has 0 fully saturated rings. The lowest BCUT2D eigenvalue weighted by Crippen LogP contribution is -2.26. The average Bonchev–Trinajstić information content (AvgIpc) is 2.98. The number of nitrogens with zero attached hydrogens (tertiary/aromatic N) is 3. The smallest absolute Gasteiger partial charge is 0.187 e. The predicted octanol–water partition coefficient (Wildman–Crippen LogP) is 4.82. The third-order valence-corrected chi connectivity index (χ3v) is 5.94. The largest absolute Gasteiger partial charge is 0.328 e. The van der Waals surface area contributed by atoms with Crippen LogP contribution in [-0.4, -0.2) is 25.6 Å². The molecule has 3 aromatic carbocycles. The standard InChI is InChI=1S/C23H19N3OS/c1-25-20-9-5-6-10-21(20)26(2)23(25)19(14-24)22(27)15-28-18-12-11-16-7-3-4-8-17(16)13-18/h3-13H,15H2,1-2H3. The lowest BCUT2D eigenvalue weighted by atomic mass is 10.1. The summed E-state index contributed by atoms with van der Waals surface area (Å²) in [5.41, 5.74) is 2.17. The van der Waals surface area contributed by atoms with Crippen LogP contribution in [0, 0.1) is 11.3 Å². The number of ketones is 1. The first-order valence-corrected chi connectivity index (χ1v) is 9.94. The Hall–Kier alpha value is -3.23. The first-order valence-electron chi connectivity index (χ1n) is 8.96. The van der Waals surface area contributed by atoms with Gasteiger partial charge in [0.25, 0.3) is 0 Å². The molecule has 28 heavy (non-hydrogen) atoms. The van der Waals surface area contributed by atoms with E-state index in [2.05, 4.69) is 30.3 Å². The summed E-state index contributed by atoms with van der Waals surface area (Å²) in [5, 5.41) is 12.0. The number of hydrogen-bond donors (Lipinski definition) is 0. The molecule has 1 heterocycles. The molecule has 0 aliphatic carbocycles. The van der Waals surface area contributed by atoms with Gasteiger partial charge in [-0.3, -0.25) is 4.79 Å². The summed E-state index contributed by atoms with van der Waals surface area (Å²) in [5.74, 6) is 0.693. The molecule has 0 unspecified atom stereocenters. The number of rotatable bonds is 4. The molecule has 0 saturated carbocycles. The summed E-state index contributed by atoms with van der Waals surface area (Å²) in [6.45, 7) is 0. The van der Waals surface area contributed by atoms with E-state index < -0.39 is 0 Å². The summed E-state index contributed by atoms with van der Waals surface area (Å²) in [6.07, 6.45) is 0. The van der Waals surface area contributed by atoms with Crippen molar-refractivity contribution in [3.63, 3.8) is 0 Å². The quantitative estimate of drug-likeness (QED) is 0.366. The van der Waals surface area contributed by atoms with Crippen molar-refractivity contribution in [1.82, 2.24) is 0 Å². The summed E-state index contributed by atoms with van der Waals surface area (Å²) in [7, 11) is 3.78. The molecule has 138 valence electrons. The van der Waals surface area contributed by atoms with E-state index in [-0.39, 0.29) is 17.1 Å². The third kappa shape index (κ3) is 3.12. The van der Waals surface area contributed by atoms with Crippen molar-refractivity contribution in [2.45, 2.75) is 4.90 Å². The fraction of sp³-hybridized carbons (Fsp3) is 0.130. The molecule has 0 amide bonds. The van der Waals surface area contributed by atoms with E-state index >= 15 is 0 Å². The van der Waals surface area contributed by atoms with Crippen LogP contribution in [0.5, 0.6) is 0 Å². The third-order valence-electron chi connectivity index (χ3n) is 4.94. The van der Waals surface area contributed by atoms with Crippen molar-refractivity contribution in [2.24, 2.45) is 0 Å². The van der Waals surface area contributed by atoms with Crippen LogP contribution >= 0.6 is 11.8 Å². The Balaban J connectivity index is 1.58. The van der Waals surface area contributed by atoms with Gasteiger partial charge in [-0.1, -0.05) is 42.5 Å². The van der Waals surface area contributed by atoms with Gasteiger partial charge in [-0.15, -0.1) is 11.8 Å². The molecule has 0 radical (unpaired) electrons. The highest BCUT2D eigenvalue weighted by atomic mass is 32.2. The van der Waals surface area contributed by atoms with Crippen molar-refractivity contribution in [3.05, 3.63) is 78.1 Å². The number of thioether (sulfide) groups is 1. The molecular formula is C23H19N3OS. The maximum Gasteiger partial charge on any atom is 0.187 e. The Morgan fingerprint density at radius 3 is 2.18 bits per heavy atom. The second kappa shape index (κ2) is 7.41. The monoisotopic (exact) mass is 385 g/mol. The highest BCUT2D eigenvalue weighted by molar-refractivity contribution is 8.00. The van der Waals surface area contributed by atoms with Crippen LogP contribution in [0.2, 0.25) is 0 Å². The van der Waals surface area contributed by atoms with E-state index in [1.807, 2.05) is 66.4 Å². The molecule has 0 aromatic heterocycles. The second-order valence-electron chi connectivity index (χ2n) is 6.64. The van der Waals surface area contributed by atoms with Gasteiger partial charge in [0.2, 0.25) is 0 Å². The van der Waals surface area contributed by atoms with Gasteiger partial charge in [0, 0.05) is 19.0 Å². The van der Waals surface area contributed by atoms with Gasteiger partial charge in [0.05, 0.1) is 17.1 Å². The zero-order valence-electron chi connectivity index (χ0n) is 15.7. The number of benzene rings is 3. The minimum atomic E-state index is -0.165. The second-order valence-corrected chi connectivity index (χ2v) is 7.69. The van der Waals surface area contributed by atoms with Crippen molar-refractivity contribution >= 4 is 39.7 Å². The topological polar surface area (TPSA) is 47.3 Å². The lowest BCUT2D eigenvalue weighted by molar-refractivity contribution is -0.112. The molecule has 0 bridgehead atoms. The predicted molar refractivity (Wildman–Crippen MR) is 116 cm³/mol. The van der Waals surface area contributed by atoms with Gasteiger partial charge in [-0.25, -0.2) is 0 Å². The minimum Gasteiger partial charge on any atom is -0.328 e. The Morgan fingerprint density at radius 1 is 0.929 bits per heavy atom. The van der Waals surface area contributed by atoms with Crippen LogP contribution in [0.3, 0.4) is 0 Å². The Labute approximate surface area is 168 Å². The zero-order chi connectivity index (χ0) is 19.7. The van der Waals surface area contributed by atoms with Gasteiger partial charge in [0.15, 0.2) is 5.78 Å². The average molecular weight is 385 g/mol. The highest BCUT2D eigenvalue weighted by Crippen LogP contribution is 2.40. The molecule has 4 nitrogen and oxygen atoms in total. The van der Waals surface area contributed by atoms with Crippen LogP contribution in [0.1, 0.15) is 0 Å². The fourth-order valence-corrected chi connectivity index (χ4v) is 4.35. The maximum atomic E-state index is 12.9. The maximum absolute atomic E-state index is 12.9. The van der Waals surface area contributed by atoms with E-state index in [1.54, 1.807) is 0 Å². The van der Waals surface area contributed by atoms with Gasteiger partial charge in [-0.05, 0) is 35.0 Å². The van der Waals surface area contributed by atoms with Crippen molar-refractivity contribution in [1.29, 1.82) is 5.26 Å². The van der Waals surface area contributed by atoms with Gasteiger partial charge >= 0.3 is 0 Å². The number of carbonyl (C=O) groups excluding carboxylic acids is 1. The molecule has 0 N–H and O–H groups in total. The highest BCUT2D eigenvalue weighted by Gasteiger charge is 2.31. The normalized spacial score (nSPS) is 12.8. The number of anilines is 2. The van der Waals surface area contributed by atoms with E-state index in [0.29, 0.717) is 5.82 Å². The lowest BCUT2D eigenvalue weighted by Gasteiger charge is -2.19. The van der Waals surface area contributed by atoms with Crippen molar-refractivity contribution in [2.75, 3.05) is 29.6 Å². The van der Waals surface area contributed by atoms with Crippen LogP contribution in [0.15, 0.2) is 83.0 Å². The van der Waals surface area contributed by atoms with Gasteiger partial charge < -0.3 is 9.80 Å². The summed E-state index contributed by atoms with van der Waals surface area (Å²) in [6, 6.07) is 24.3. The number of hydrogen-bond acceptors (Lipinski definition) is 5. The number of allylic oxidation sites excluding steroid dienone is 1. The van der Waals surface area contributed by atoms with Gasteiger partial charge in [0.1, 0.15) is 17.5 Å². The molecule has 4 rings (SSSR count). The molecule has 1 aliphatic rings. The minimum absolute atomic E-state index is 0.165. The Bertz CT molecular complexity index is 1110. The van der Waals surface area contributed by atoms with E-state index in [4.69, 9.17) is 0 Å². The summed E-state index contributed by atoms with van der Waals surface area (Å²) >= 11 is 1.46. The van der Waals surface area contributed by atoms with E-state index in [1.165, 1.54) is 17.1 Å². The molecule has 0 saturated heterocycles. The molecule has 5 heteroatoms. The first kappa shape index (κ1) is 18.1. The first-order chi connectivity index (χ1) is 13.6. The number of Topliss-reactive ketones (excluding diaryl/α,β-unsaturated/α-hetero) is 1. The number of para-hydroxylation sites is 2. The SMILES string of the molecule is CN1C(=C(C#N)C(=O)CSc2ccc3ccccc3c2)N(C)c2ccccc21. The number of carbonyl (C=O) groups is 1. The van der Waals surface area contributed by atoms with Crippen molar-refractivity contribution in [3.8, 4) is 6.07 Å². The molecule has 0 spiro atoms. The van der Waals surface area contributed by atoms with Crippen LogP contribution < -0.4 is 9.80 Å². The molecule has 3 aromatic rings. The fourth-order valence-electron chi connectivity index (χ4n) is 3.54. The molecule has 0 atom stereocenters. The van der Waals surface area contributed by atoms with E-state index in [9.17, 15) is 10.1 Å². The number of fused-ring (bicyclic) bond motifs is 2. The van der Waals surface area contributed by atoms with Crippen molar-refractivity contribution < 1.29 is 4.79 Å². The van der Waals surface area contributed by atoms with E-state index in [0.717, 1.165) is 21.7 Å². The number of nitriles is 1. The summed E-state index contributed by atoms with van der Waals surface area (Å²) < 4.78 is 0. The summed E-state index contributed by atoms with van der Waals surface area (Å²) in [4.78, 5) is 17.7. The Morgan fingerprint density at radius 2 is 1.54 bits per heavy atom. The van der Waals surface area contributed by atoms with Crippen LogP contribution in [0.25, 0.3) is 10.8 Å². The van der Waals surface area contributed by atoms with Gasteiger partial charge in [-0.2, -0.15) is 5.26 Å².